The van der Waals surface area contributed by atoms with E-state index >= 15 is 0 Å². The van der Waals surface area contributed by atoms with Crippen molar-refractivity contribution in [2.75, 3.05) is 33.2 Å². The Labute approximate surface area is 211 Å². The van der Waals surface area contributed by atoms with E-state index in [1.54, 1.807) is 7.05 Å². The van der Waals surface area contributed by atoms with E-state index in [4.69, 9.17) is 23.2 Å². The smallest absolute Gasteiger partial charge is 0.223 e. The molecule has 1 unspecified atom stereocenters. The molecule has 1 aliphatic heterocycles. The van der Waals surface area contributed by atoms with E-state index in [2.05, 4.69) is 27.8 Å². The zero-order valence-electron chi connectivity index (χ0n) is 17.6. The number of benzene rings is 2. The highest BCUT2D eigenvalue weighted by Crippen LogP contribution is 2.24. The number of hydrogen-bond donors (Lipinski definition) is 2. The van der Waals surface area contributed by atoms with Crippen molar-refractivity contribution in [1.82, 2.24) is 15.5 Å². The van der Waals surface area contributed by atoms with Crippen molar-refractivity contribution >= 4 is 59.0 Å². The summed E-state index contributed by atoms with van der Waals surface area (Å²) >= 11 is 12.4. The van der Waals surface area contributed by atoms with Crippen LogP contribution in [-0.2, 0) is 17.6 Å². The van der Waals surface area contributed by atoms with Crippen LogP contribution in [0.5, 0.6) is 0 Å². The van der Waals surface area contributed by atoms with Gasteiger partial charge >= 0.3 is 0 Å². The van der Waals surface area contributed by atoms with Gasteiger partial charge in [0.1, 0.15) is 0 Å². The van der Waals surface area contributed by atoms with Gasteiger partial charge in [-0.15, -0.1) is 24.0 Å². The summed E-state index contributed by atoms with van der Waals surface area (Å²) in [6.07, 6.45) is 2.17. The lowest BCUT2D eigenvalue weighted by molar-refractivity contribution is -0.127. The van der Waals surface area contributed by atoms with Gasteiger partial charge in [-0.05, 0) is 36.1 Å². The maximum Gasteiger partial charge on any atom is 0.223 e. The molecule has 1 aliphatic rings. The first-order valence-corrected chi connectivity index (χ1v) is 11.0. The van der Waals surface area contributed by atoms with Crippen molar-refractivity contribution in [3.8, 4) is 0 Å². The van der Waals surface area contributed by atoms with Gasteiger partial charge < -0.3 is 15.5 Å². The van der Waals surface area contributed by atoms with Gasteiger partial charge in [0, 0.05) is 55.6 Å². The monoisotopic (exact) mass is 574 g/mol. The lowest BCUT2D eigenvalue weighted by Gasteiger charge is -2.18. The van der Waals surface area contributed by atoms with Crippen LogP contribution in [0.1, 0.15) is 17.5 Å². The number of guanidine groups is 1. The van der Waals surface area contributed by atoms with Crippen molar-refractivity contribution in [3.63, 3.8) is 0 Å². The van der Waals surface area contributed by atoms with E-state index in [-0.39, 0.29) is 35.8 Å². The molecule has 0 spiro atoms. The number of hydrogen-bond acceptors (Lipinski definition) is 2. The van der Waals surface area contributed by atoms with Crippen molar-refractivity contribution in [2.24, 2.45) is 10.9 Å². The summed E-state index contributed by atoms with van der Waals surface area (Å²) in [6, 6.07) is 15.8. The van der Waals surface area contributed by atoms with Crippen molar-refractivity contribution < 1.29 is 4.79 Å². The molecule has 0 bridgehead atoms. The normalized spacial score (nSPS) is 16.2. The molecule has 0 saturated carbocycles. The molecule has 0 aliphatic carbocycles. The molecular formula is C23H29Cl2IN4O. The third kappa shape index (κ3) is 7.84. The quantitative estimate of drug-likeness (QED) is 0.279. The third-order valence-corrected chi connectivity index (χ3v) is 6.03. The Hall–Kier alpha value is -1.51. The Morgan fingerprint density at radius 1 is 1.06 bits per heavy atom. The minimum absolute atomic E-state index is 0. The average molecular weight is 575 g/mol. The summed E-state index contributed by atoms with van der Waals surface area (Å²) in [5.74, 6) is 1.23. The van der Waals surface area contributed by atoms with Gasteiger partial charge in [-0.2, -0.15) is 0 Å². The predicted octanol–water partition coefficient (Wildman–Crippen LogP) is 4.41. The van der Waals surface area contributed by atoms with Gasteiger partial charge in [-0.25, -0.2) is 0 Å². The average Bonchev–Trinajstić information content (AvgIpc) is 3.11. The number of likely N-dealkylation sites (tertiary alicyclic amines) is 1. The summed E-state index contributed by atoms with van der Waals surface area (Å²) in [5.41, 5.74) is 2.19. The summed E-state index contributed by atoms with van der Waals surface area (Å²) in [6.45, 7) is 2.92. The molecule has 1 fully saturated rings. The van der Waals surface area contributed by atoms with E-state index in [0.717, 1.165) is 25.1 Å². The third-order valence-electron chi connectivity index (χ3n) is 5.32. The Balaban J connectivity index is 0.00000341. The Morgan fingerprint density at radius 2 is 1.77 bits per heavy atom. The number of nitrogens with zero attached hydrogens (tertiary/aromatic N) is 2. The van der Waals surface area contributed by atoms with Gasteiger partial charge in [-0.3, -0.25) is 9.79 Å². The van der Waals surface area contributed by atoms with Gasteiger partial charge in [0.15, 0.2) is 5.96 Å². The molecule has 0 radical (unpaired) electrons. The van der Waals surface area contributed by atoms with Crippen LogP contribution in [0.15, 0.2) is 53.5 Å². The minimum atomic E-state index is 0. The Morgan fingerprint density at radius 3 is 2.45 bits per heavy atom. The fourth-order valence-corrected chi connectivity index (χ4v) is 4.24. The van der Waals surface area contributed by atoms with E-state index in [9.17, 15) is 4.79 Å². The standard InChI is InChI=1S/C23H28Cl2N4O.HI/c1-26-23(27-12-10-19-20(24)8-5-9-21(19)25)28-15-18-14-22(30)29(16-18)13-11-17-6-3-2-4-7-17;/h2-9,18H,10-16H2,1H3,(H2,26,27,28);1H. The highest BCUT2D eigenvalue weighted by atomic mass is 127. The van der Waals surface area contributed by atoms with Crippen LogP contribution < -0.4 is 10.6 Å². The molecule has 2 aromatic carbocycles. The van der Waals surface area contributed by atoms with Gasteiger partial charge in [-0.1, -0.05) is 59.6 Å². The van der Waals surface area contributed by atoms with Crippen LogP contribution in [0.3, 0.4) is 0 Å². The molecule has 0 aromatic heterocycles. The maximum absolute atomic E-state index is 12.3. The number of aliphatic imine (C=N–C) groups is 1. The number of carbonyl (C=O) groups is 1. The first kappa shape index (κ1) is 25.7. The number of rotatable bonds is 8. The molecule has 1 saturated heterocycles. The van der Waals surface area contributed by atoms with Crippen molar-refractivity contribution in [1.29, 1.82) is 0 Å². The van der Waals surface area contributed by atoms with Crippen LogP contribution in [0.2, 0.25) is 10.0 Å². The van der Waals surface area contributed by atoms with Crippen LogP contribution in [0, 0.1) is 5.92 Å². The maximum atomic E-state index is 12.3. The number of carbonyl (C=O) groups excluding carboxylic acids is 1. The van der Waals surface area contributed by atoms with Crippen molar-refractivity contribution in [2.45, 2.75) is 19.3 Å². The molecule has 168 valence electrons. The molecule has 3 rings (SSSR count). The minimum Gasteiger partial charge on any atom is -0.356 e. The first-order valence-electron chi connectivity index (χ1n) is 10.3. The van der Waals surface area contributed by atoms with Crippen LogP contribution in [0.25, 0.3) is 0 Å². The molecule has 1 atom stereocenters. The number of halogens is 3. The van der Waals surface area contributed by atoms with Crippen molar-refractivity contribution in [3.05, 3.63) is 69.7 Å². The molecule has 8 heteroatoms. The van der Waals surface area contributed by atoms with Gasteiger partial charge in [0.25, 0.3) is 0 Å². The fourth-order valence-electron chi connectivity index (χ4n) is 3.65. The van der Waals surface area contributed by atoms with Gasteiger partial charge in [0.05, 0.1) is 0 Å². The number of nitrogens with one attached hydrogen (secondary N) is 2. The van der Waals surface area contributed by atoms with Crippen LogP contribution in [0.4, 0.5) is 0 Å². The van der Waals surface area contributed by atoms with E-state index in [1.165, 1.54) is 5.56 Å². The lowest BCUT2D eigenvalue weighted by Crippen LogP contribution is -2.41. The SMILES string of the molecule is CN=C(NCCc1c(Cl)cccc1Cl)NCC1CC(=O)N(CCc2ccccc2)C1.I. The molecule has 1 amide bonds. The first-order chi connectivity index (χ1) is 14.6. The Kier molecular flexibility index (Phi) is 10.9. The second-order valence-electron chi connectivity index (χ2n) is 7.48. The highest BCUT2D eigenvalue weighted by molar-refractivity contribution is 14.0. The molecule has 31 heavy (non-hydrogen) atoms. The molecular weight excluding hydrogens is 546 g/mol. The fraction of sp³-hybridized carbons (Fsp3) is 0.391. The zero-order chi connectivity index (χ0) is 21.3. The lowest BCUT2D eigenvalue weighted by atomic mass is 10.1. The predicted molar refractivity (Wildman–Crippen MR) is 140 cm³/mol. The highest BCUT2D eigenvalue weighted by Gasteiger charge is 2.29. The number of amides is 1. The van der Waals surface area contributed by atoms with Crippen LogP contribution >= 0.6 is 47.2 Å². The van der Waals surface area contributed by atoms with E-state index < -0.39 is 0 Å². The van der Waals surface area contributed by atoms with E-state index in [1.807, 2.05) is 41.3 Å². The summed E-state index contributed by atoms with van der Waals surface area (Å²) < 4.78 is 0. The molecule has 2 aromatic rings. The Bertz CT molecular complexity index is 859. The largest absolute Gasteiger partial charge is 0.356 e. The summed E-state index contributed by atoms with van der Waals surface area (Å²) in [4.78, 5) is 18.6. The second-order valence-corrected chi connectivity index (χ2v) is 8.29. The second kappa shape index (κ2) is 13.1. The topological polar surface area (TPSA) is 56.7 Å². The van der Waals surface area contributed by atoms with E-state index in [0.29, 0.717) is 41.9 Å². The summed E-state index contributed by atoms with van der Waals surface area (Å²) in [7, 11) is 1.74. The van der Waals surface area contributed by atoms with Crippen LogP contribution in [-0.4, -0.2) is 50.0 Å². The zero-order valence-corrected chi connectivity index (χ0v) is 21.5. The van der Waals surface area contributed by atoms with Gasteiger partial charge in [0.2, 0.25) is 5.91 Å². The molecule has 5 nitrogen and oxygen atoms in total. The molecule has 2 N–H and O–H groups in total. The summed E-state index contributed by atoms with van der Waals surface area (Å²) in [5, 5.41) is 7.97. The molecule has 1 heterocycles.